The zero-order chi connectivity index (χ0) is 14.0. The van der Waals surface area contributed by atoms with Gasteiger partial charge in [-0.1, -0.05) is 19.1 Å². The second kappa shape index (κ2) is 4.97. The molecule has 0 amide bonds. The van der Waals surface area contributed by atoms with Gasteiger partial charge in [-0.3, -0.25) is 9.48 Å². The van der Waals surface area contributed by atoms with Crippen LogP contribution in [-0.4, -0.2) is 30.2 Å². The van der Waals surface area contributed by atoms with Crippen LogP contribution in [0.25, 0.3) is 11.3 Å². The summed E-state index contributed by atoms with van der Waals surface area (Å²) in [5, 5.41) is 4.20. The van der Waals surface area contributed by atoms with Crippen LogP contribution in [0.5, 0.6) is 0 Å². The average Bonchev–Trinajstić information content (AvgIpc) is 2.80. The third kappa shape index (κ3) is 2.58. The summed E-state index contributed by atoms with van der Waals surface area (Å²) in [5.41, 5.74) is 1.75. The zero-order valence-electron chi connectivity index (χ0n) is 10.7. The van der Waals surface area contributed by atoms with E-state index < -0.39 is 9.84 Å². The molecule has 0 aliphatic rings. The molecule has 0 atom stereocenters. The van der Waals surface area contributed by atoms with Crippen LogP contribution >= 0.6 is 0 Å². The maximum Gasteiger partial charge on any atom is 0.178 e. The molecule has 0 aliphatic heterocycles. The van der Waals surface area contributed by atoms with Gasteiger partial charge in [-0.05, 0) is 12.1 Å². The Bertz CT molecular complexity index is 700. The molecule has 5 nitrogen and oxygen atoms in total. The lowest BCUT2D eigenvalue weighted by Gasteiger charge is -2.03. The van der Waals surface area contributed by atoms with Crippen molar-refractivity contribution in [2.24, 2.45) is 7.05 Å². The van der Waals surface area contributed by atoms with Crippen LogP contribution in [0.15, 0.2) is 35.4 Å². The van der Waals surface area contributed by atoms with Crippen molar-refractivity contribution >= 4 is 16.1 Å². The number of aldehydes is 1. The molecule has 0 spiro atoms. The van der Waals surface area contributed by atoms with Gasteiger partial charge in [-0.15, -0.1) is 0 Å². The number of carbonyl (C=O) groups is 1. The summed E-state index contributed by atoms with van der Waals surface area (Å²) in [7, 11) is -1.47. The molecule has 2 rings (SSSR count). The minimum Gasteiger partial charge on any atom is -0.298 e. The fourth-order valence-corrected chi connectivity index (χ4v) is 2.69. The predicted octanol–water partition coefficient (Wildman–Crippen LogP) is 1.69. The average molecular weight is 278 g/mol. The van der Waals surface area contributed by atoms with Gasteiger partial charge in [0.05, 0.1) is 16.2 Å². The highest BCUT2D eigenvalue weighted by Crippen LogP contribution is 2.22. The quantitative estimate of drug-likeness (QED) is 0.798. The number of hydrogen-bond acceptors (Lipinski definition) is 4. The van der Waals surface area contributed by atoms with Crippen molar-refractivity contribution < 1.29 is 13.2 Å². The molecule has 0 N–H and O–H groups in total. The van der Waals surface area contributed by atoms with Crippen molar-refractivity contribution in [3.05, 3.63) is 36.0 Å². The Labute approximate surface area is 111 Å². The van der Waals surface area contributed by atoms with Gasteiger partial charge in [-0.25, -0.2) is 8.42 Å². The number of sulfone groups is 1. The number of rotatable bonds is 4. The number of aromatic nitrogens is 2. The lowest BCUT2D eigenvalue weighted by Crippen LogP contribution is -2.03. The van der Waals surface area contributed by atoms with Crippen molar-refractivity contribution in [3.8, 4) is 11.3 Å². The molecule has 0 aliphatic carbocycles. The Morgan fingerprint density at radius 2 is 1.89 bits per heavy atom. The highest BCUT2D eigenvalue weighted by Gasteiger charge is 2.13. The maximum absolute atomic E-state index is 11.7. The smallest absolute Gasteiger partial charge is 0.178 e. The molecule has 0 fully saturated rings. The molecular formula is C13H14N2O3S. The molecule has 0 bridgehead atoms. The second-order valence-corrected chi connectivity index (χ2v) is 6.43. The first-order chi connectivity index (χ1) is 8.97. The van der Waals surface area contributed by atoms with Crippen LogP contribution in [0.4, 0.5) is 0 Å². The molecular weight excluding hydrogens is 264 g/mol. The standard InChI is InChI=1S/C13H14N2O3S/c1-3-19(17,18)12-6-4-10(5-7-12)13-11(9-16)8-15(2)14-13/h4-9H,3H2,1-2H3. The highest BCUT2D eigenvalue weighted by molar-refractivity contribution is 7.91. The van der Waals surface area contributed by atoms with Crippen molar-refractivity contribution in [2.45, 2.75) is 11.8 Å². The third-order valence-corrected chi connectivity index (χ3v) is 4.60. The van der Waals surface area contributed by atoms with Crippen LogP contribution in [-0.2, 0) is 16.9 Å². The van der Waals surface area contributed by atoms with E-state index in [1.165, 1.54) is 12.1 Å². The van der Waals surface area contributed by atoms with E-state index in [9.17, 15) is 13.2 Å². The monoisotopic (exact) mass is 278 g/mol. The molecule has 19 heavy (non-hydrogen) atoms. The van der Waals surface area contributed by atoms with E-state index in [0.29, 0.717) is 11.3 Å². The summed E-state index contributed by atoms with van der Waals surface area (Å²) >= 11 is 0. The van der Waals surface area contributed by atoms with E-state index in [2.05, 4.69) is 5.10 Å². The summed E-state index contributed by atoms with van der Waals surface area (Å²) in [6.45, 7) is 1.60. The lowest BCUT2D eigenvalue weighted by atomic mass is 10.1. The lowest BCUT2D eigenvalue weighted by molar-refractivity contribution is 0.112. The van der Waals surface area contributed by atoms with Crippen LogP contribution in [0.2, 0.25) is 0 Å². The molecule has 2 aromatic rings. The van der Waals surface area contributed by atoms with Crippen LogP contribution in [0, 0.1) is 0 Å². The van der Waals surface area contributed by atoms with Crippen molar-refractivity contribution in [2.75, 3.05) is 5.75 Å². The van der Waals surface area contributed by atoms with Gasteiger partial charge in [0.2, 0.25) is 0 Å². The first kappa shape index (κ1) is 13.5. The SMILES string of the molecule is CCS(=O)(=O)c1ccc(-c2nn(C)cc2C=O)cc1. The summed E-state index contributed by atoms with van der Waals surface area (Å²) in [6.07, 6.45) is 2.36. The van der Waals surface area contributed by atoms with E-state index in [-0.39, 0.29) is 10.6 Å². The second-order valence-electron chi connectivity index (χ2n) is 4.15. The first-order valence-corrected chi connectivity index (χ1v) is 7.45. The van der Waals surface area contributed by atoms with E-state index in [4.69, 9.17) is 0 Å². The maximum atomic E-state index is 11.7. The Kier molecular flexibility index (Phi) is 3.53. The van der Waals surface area contributed by atoms with Gasteiger partial charge in [0.25, 0.3) is 0 Å². The molecule has 0 radical (unpaired) electrons. The molecule has 0 saturated heterocycles. The Hall–Kier alpha value is -1.95. The molecule has 6 heteroatoms. The van der Waals surface area contributed by atoms with Crippen LogP contribution in [0.1, 0.15) is 17.3 Å². The summed E-state index contributed by atoms with van der Waals surface area (Å²) in [6, 6.07) is 6.41. The number of hydrogen-bond donors (Lipinski definition) is 0. The van der Waals surface area contributed by atoms with E-state index >= 15 is 0 Å². The molecule has 100 valence electrons. The highest BCUT2D eigenvalue weighted by atomic mass is 32.2. The van der Waals surface area contributed by atoms with Gasteiger partial charge < -0.3 is 0 Å². The number of nitrogens with zero attached hydrogens (tertiary/aromatic N) is 2. The third-order valence-electron chi connectivity index (χ3n) is 2.85. The van der Waals surface area contributed by atoms with Gasteiger partial charge in [-0.2, -0.15) is 5.10 Å². The normalized spacial score (nSPS) is 11.5. The Morgan fingerprint density at radius 1 is 1.26 bits per heavy atom. The first-order valence-electron chi connectivity index (χ1n) is 5.80. The van der Waals surface area contributed by atoms with Crippen molar-refractivity contribution in [1.82, 2.24) is 9.78 Å². The number of aryl methyl sites for hydroxylation is 1. The molecule has 0 unspecified atom stereocenters. The summed E-state index contributed by atoms with van der Waals surface area (Å²) in [5.74, 6) is 0.0650. The Morgan fingerprint density at radius 3 is 2.42 bits per heavy atom. The van der Waals surface area contributed by atoms with Gasteiger partial charge >= 0.3 is 0 Å². The van der Waals surface area contributed by atoms with E-state index in [1.54, 1.807) is 37.0 Å². The number of carbonyl (C=O) groups excluding carboxylic acids is 1. The number of benzene rings is 1. The summed E-state index contributed by atoms with van der Waals surface area (Å²) < 4.78 is 25.0. The van der Waals surface area contributed by atoms with Gasteiger partial charge in [0.1, 0.15) is 5.69 Å². The topological polar surface area (TPSA) is 69.0 Å². The van der Waals surface area contributed by atoms with Gasteiger partial charge in [0.15, 0.2) is 16.1 Å². The van der Waals surface area contributed by atoms with Gasteiger partial charge in [0, 0.05) is 18.8 Å². The van der Waals surface area contributed by atoms with Crippen molar-refractivity contribution in [1.29, 1.82) is 0 Å². The van der Waals surface area contributed by atoms with Crippen LogP contribution < -0.4 is 0 Å². The fourth-order valence-electron chi connectivity index (χ4n) is 1.80. The largest absolute Gasteiger partial charge is 0.298 e. The molecule has 1 aromatic heterocycles. The van der Waals surface area contributed by atoms with E-state index in [1.807, 2.05) is 0 Å². The summed E-state index contributed by atoms with van der Waals surface area (Å²) in [4.78, 5) is 11.2. The minimum absolute atomic E-state index is 0.0650. The van der Waals surface area contributed by atoms with Crippen LogP contribution in [0.3, 0.4) is 0 Å². The predicted molar refractivity (Wildman–Crippen MR) is 71.8 cm³/mol. The molecule has 1 heterocycles. The van der Waals surface area contributed by atoms with E-state index in [0.717, 1.165) is 11.8 Å². The Balaban J connectivity index is 2.46. The fraction of sp³-hybridized carbons (Fsp3) is 0.231. The van der Waals surface area contributed by atoms with Crippen molar-refractivity contribution in [3.63, 3.8) is 0 Å². The minimum atomic E-state index is -3.20. The zero-order valence-corrected chi connectivity index (χ0v) is 11.5. The molecule has 1 aromatic carbocycles. The molecule has 0 saturated carbocycles.